The number of fused-ring (bicyclic) bond motifs is 5. The van der Waals surface area contributed by atoms with Gasteiger partial charge in [-0.25, -0.2) is 4.99 Å². The molecule has 0 aromatic heterocycles. The Morgan fingerprint density at radius 3 is 2.81 bits per heavy atom. The summed E-state index contributed by atoms with van der Waals surface area (Å²) >= 11 is 0. The Morgan fingerprint density at radius 2 is 1.92 bits per heavy atom. The highest BCUT2D eigenvalue weighted by Crippen LogP contribution is 2.41. The van der Waals surface area contributed by atoms with Gasteiger partial charge in [-0.15, -0.1) is 0 Å². The topological polar surface area (TPSA) is 32.7 Å². The van der Waals surface area contributed by atoms with Crippen LogP contribution in [0.4, 0.5) is 11.4 Å². The van der Waals surface area contributed by atoms with Crippen LogP contribution in [0.3, 0.4) is 0 Å². The second-order valence-corrected chi connectivity index (χ2v) is 6.90. The van der Waals surface area contributed by atoms with E-state index >= 15 is 0 Å². The van der Waals surface area contributed by atoms with Crippen molar-refractivity contribution in [3.8, 4) is 0 Å². The molecule has 1 aliphatic carbocycles. The molecule has 0 saturated heterocycles. The molecular weight excluding hydrogens is 320 g/mol. The first-order chi connectivity index (χ1) is 12.7. The normalized spacial score (nSPS) is 24.3. The number of hydrogen-bond donors (Lipinski definition) is 0. The molecule has 2 aromatic rings. The second-order valence-electron chi connectivity index (χ2n) is 6.90. The van der Waals surface area contributed by atoms with Crippen LogP contribution in [0.2, 0.25) is 0 Å². The summed E-state index contributed by atoms with van der Waals surface area (Å²) in [5, 5.41) is 2.15. The van der Waals surface area contributed by atoms with Gasteiger partial charge < -0.3 is 0 Å². The van der Waals surface area contributed by atoms with E-state index in [1.54, 1.807) is 0 Å². The number of nitrogens with zero attached hydrogens (tertiary/aromatic N) is 2. The minimum atomic E-state index is -0.221. The van der Waals surface area contributed by atoms with E-state index in [-0.39, 0.29) is 11.8 Å². The van der Waals surface area contributed by atoms with Gasteiger partial charge in [-0.05, 0) is 28.7 Å². The van der Waals surface area contributed by atoms with Crippen molar-refractivity contribution >= 4 is 33.9 Å². The van der Waals surface area contributed by atoms with E-state index in [1.165, 1.54) is 5.57 Å². The molecule has 3 aliphatic rings. The third-order valence-electron chi connectivity index (χ3n) is 5.15. The summed E-state index contributed by atoms with van der Waals surface area (Å²) < 4.78 is 0. The van der Waals surface area contributed by atoms with Gasteiger partial charge in [0.05, 0.1) is 17.3 Å². The number of benzene rings is 2. The summed E-state index contributed by atoms with van der Waals surface area (Å²) in [6.07, 6.45) is 13.0. The van der Waals surface area contributed by atoms with Gasteiger partial charge in [0.1, 0.15) is 5.84 Å². The van der Waals surface area contributed by atoms with Crippen molar-refractivity contribution in [2.24, 2.45) is 10.9 Å². The monoisotopic (exact) mass is 338 g/mol. The van der Waals surface area contributed by atoms with Crippen LogP contribution in [-0.4, -0.2) is 11.7 Å². The molecule has 126 valence electrons. The van der Waals surface area contributed by atoms with E-state index in [2.05, 4.69) is 30.4 Å². The molecule has 3 nitrogen and oxygen atoms in total. The molecule has 0 spiro atoms. The van der Waals surface area contributed by atoms with Crippen molar-refractivity contribution in [3.63, 3.8) is 0 Å². The number of aliphatic imine (C=N–C) groups is 1. The molecule has 2 aliphatic heterocycles. The quantitative estimate of drug-likeness (QED) is 0.647. The molecule has 1 amide bonds. The average molecular weight is 338 g/mol. The first-order valence-corrected chi connectivity index (χ1v) is 8.92. The number of anilines is 1. The Labute approximate surface area is 152 Å². The van der Waals surface area contributed by atoms with Gasteiger partial charge in [-0.2, -0.15) is 0 Å². The van der Waals surface area contributed by atoms with Crippen molar-refractivity contribution in [2.75, 3.05) is 4.90 Å². The Morgan fingerprint density at radius 1 is 1.08 bits per heavy atom. The number of amidine groups is 1. The number of amides is 1. The number of rotatable bonds is 0. The van der Waals surface area contributed by atoms with Gasteiger partial charge in [-0.1, -0.05) is 67.6 Å². The third kappa shape index (κ3) is 2.21. The van der Waals surface area contributed by atoms with Gasteiger partial charge in [0.25, 0.3) is 0 Å². The minimum Gasteiger partial charge on any atom is -0.273 e. The van der Waals surface area contributed by atoms with Gasteiger partial charge in [0, 0.05) is 11.8 Å². The molecule has 0 saturated carbocycles. The van der Waals surface area contributed by atoms with E-state index in [1.807, 2.05) is 54.3 Å². The van der Waals surface area contributed by atoms with E-state index in [4.69, 9.17) is 4.99 Å². The molecule has 1 unspecified atom stereocenters. The van der Waals surface area contributed by atoms with Crippen LogP contribution in [-0.2, 0) is 4.79 Å². The van der Waals surface area contributed by atoms with Crippen LogP contribution in [0.15, 0.2) is 89.0 Å². The number of hydrogen-bond acceptors (Lipinski definition) is 2. The molecular formula is C23H18N2O. The lowest BCUT2D eigenvalue weighted by Gasteiger charge is -2.33. The summed E-state index contributed by atoms with van der Waals surface area (Å²) in [7, 11) is 0. The van der Waals surface area contributed by atoms with E-state index in [0.717, 1.165) is 40.0 Å². The lowest BCUT2D eigenvalue weighted by atomic mass is 9.93. The standard InChI is InChI=1S/C23H18N2O/c1-15-6-2-7-16-8-3-11-18(14-16)22-24-19-12-4-9-17-10-5-13-20(21(17)19)25(22)23(15)26/h2-13,15H,14H2,1H3/b6-2-,16-7-. The van der Waals surface area contributed by atoms with Crippen molar-refractivity contribution in [1.82, 2.24) is 0 Å². The summed E-state index contributed by atoms with van der Waals surface area (Å²) in [6, 6.07) is 12.2. The van der Waals surface area contributed by atoms with Crippen LogP contribution >= 0.6 is 0 Å². The van der Waals surface area contributed by atoms with Crippen molar-refractivity contribution < 1.29 is 4.79 Å². The Hall–Kier alpha value is -3.20. The summed E-state index contributed by atoms with van der Waals surface area (Å²) in [6.45, 7) is 1.94. The second kappa shape index (κ2) is 5.67. The summed E-state index contributed by atoms with van der Waals surface area (Å²) in [5.74, 6) is 0.578. The minimum absolute atomic E-state index is 0.0503. The Bertz CT molecular complexity index is 1090. The first kappa shape index (κ1) is 15.1. The van der Waals surface area contributed by atoms with Gasteiger partial charge >= 0.3 is 0 Å². The molecule has 0 radical (unpaired) electrons. The summed E-state index contributed by atoms with van der Waals surface area (Å²) in [5.41, 5.74) is 4.15. The number of carbonyl (C=O) groups excluding carboxylic acids is 1. The fourth-order valence-corrected chi connectivity index (χ4v) is 3.82. The van der Waals surface area contributed by atoms with Crippen LogP contribution in [0, 0.1) is 5.92 Å². The maximum absolute atomic E-state index is 13.3. The van der Waals surface area contributed by atoms with Gasteiger partial charge in [-0.3, -0.25) is 9.69 Å². The largest absolute Gasteiger partial charge is 0.273 e. The Balaban J connectivity index is 1.82. The molecule has 5 rings (SSSR count). The van der Waals surface area contributed by atoms with Crippen molar-refractivity contribution in [3.05, 3.63) is 84.0 Å². The molecule has 1 atom stereocenters. The lowest BCUT2D eigenvalue weighted by molar-refractivity contribution is -0.119. The molecule has 2 bridgehead atoms. The summed E-state index contributed by atoms with van der Waals surface area (Å²) in [4.78, 5) is 20.1. The molecule has 2 heterocycles. The molecule has 2 aromatic carbocycles. The SMILES string of the molecule is CC1/C=C\C=C2\C=CC=C(C2)C2=Nc3cccc4cccc(c34)N2C1=O. The van der Waals surface area contributed by atoms with Crippen LogP contribution in [0.1, 0.15) is 13.3 Å². The molecule has 3 heteroatoms. The van der Waals surface area contributed by atoms with Crippen LogP contribution in [0.25, 0.3) is 10.8 Å². The van der Waals surface area contributed by atoms with Crippen LogP contribution in [0.5, 0.6) is 0 Å². The van der Waals surface area contributed by atoms with Gasteiger partial charge in [0.15, 0.2) is 0 Å². The highest BCUT2D eigenvalue weighted by molar-refractivity contribution is 6.30. The molecule has 0 fully saturated rings. The average Bonchev–Trinajstić information content (AvgIpc) is 2.67. The zero-order chi connectivity index (χ0) is 17.7. The maximum Gasteiger partial charge on any atom is 0.239 e. The predicted molar refractivity (Wildman–Crippen MR) is 107 cm³/mol. The molecule has 26 heavy (non-hydrogen) atoms. The van der Waals surface area contributed by atoms with E-state index in [0.29, 0.717) is 0 Å². The van der Waals surface area contributed by atoms with Crippen LogP contribution < -0.4 is 4.90 Å². The lowest BCUT2D eigenvalue weighted by Crippen LogP contribution is -2.42. The Kier molecular flexibility index (Phi) is 3.29. The highest BCUT2D eigenvalue weighted by atomic mass is 16.2. The van der Waals surface area contributed by atoms with Gasteiger partial charge in [0.2, 0.25) is 5.91 Å². The first-order valence-electron chi connectivity index (χ1n) is 8.92. The zero-order valence-corrected chi connectivity index (χ0v) is 14.5. The fourth-order valence-electron chi connectivity index (χ4n) is 3.82. The number of carbonyl (C=O) groups is 1. The highest BCUT2D eigenvalue weighted by Gasteiger charge is 2.32. The third-order valence-corrected chi connectivity index (χ3v) is 5.15. The zero-order valence-electron chi connectivity index (χ0n) is 14.5. The van der Waals surface area contributed by atoms with Crippen molar-refractivity contribution in [1.29, 1.82) is 0 Å². The maximum atomic E-state index is 13.3. The molecule has 0 N–H and O–H groups in total. The van der Waals surface area contributed by atoms with E-state index < -0.39 is 0 Å². The number of allylic oxidation sites excluding steroid dienone is 6. The fraction of sp³-hybridized carbons (Fsp3) is 0.130. The van der Waals surface area contributed by atoms with Crippen molar-refractivity contribution in [2.45, 2.75) is 13.3 Å². The smallest absolute Gasteiger partial charge is 0.239 e. The predicted octanol–water partition coefficient (Wildman–Crippen LogP) is 5.24. The van der Waals surface area contributed by atoms with E-state index in [9.17, 15) is 4.79 Å².